The Labute approximate surface area is 164 Å². The molecule has 0 aliphatic heterocycles. The van der Waals surface area contributed by atoms with Crippen LogP contribution in [0.25, 0.3) is 0 Å². The van der Waals surface area contributed by atoms with Crippen LogP contribution in [0.1, 0.15) is 29.1 Å². The number of anilines is 1. The number of benzene rings is 1. The first-order chi connectivity index (χ1) is 12.3. The van der Waals surface area contributed by atoms with Crippen molar-refractivity contribution in [1.29, 1.82) is 0 Å². The van der Waals surface area contributed by atoms with Gasteiger partial charge in [-0.15, -0.1) is 11.3 Å². The van der Waals surface area contributed by atoms with E-state index in [0.717, 1.165) is 9.35 Å². The van der Waals surface area contributed by atoms with Crippen LogP contribution in [0.3, 0.4) is 0 Å². The summed E-state index contributed by atoms with van der Waals surface area (Å²) in [5.74, 6) is -0.686. The summed E-state index contributed by atoms with van der Waals surface area (Å²) in [6.45, 7) is 3.50. The maximum atomic E-state index is 12.4. The van der Waals surface area contributed by atoms with Crippen molar-refractivity contribution in [3.05, 3.63) is 50.6 Å². The lowest BCUT2D eigenvalue weighted by atomic mass is 10.1. The highest BCUT2D eigenvalue weighted by atomic mass is 79.9. The van der Waals surface area contributed by atoms with Gasteiger partial charge < -0.3 is 15.5 Å². The molecule has 0 aliphatic rings. The number of nitrogens with zero attached hydrogens (tertiary/aromatic N) is 1. The topological polar surface area (TPSA) is 78.5 Å². The minimum atomic E-state index is -0.707. The van der Waals surface area contributed by atoms with Crippen molar-refractivity contribution in [1.82, 2.24) is 10.2 Å². The zero-order valence-corrected chi connectivity index (χ0v) is 17.1. The predicted molar refractivity (Wildman–Crippen MR) is 106 cm³/mol. The van der Waals surface area contributed by atoms with Gasteiger partial charge in [-0.05, 0) is 46.6 Å². The molecule has 8 heteroatoms. The molecule has 1 aromatic heterocycles. The molecule has 2 N–H and O–H groups in total. The molecule has 6 nitrogen and oxygen atoms in total. The Kier molecular flexibility index (Phi) is 6.93. The molecule has 2 aromatic rings. The van der Waals surface area contributed by atoms with Crippen molar-refractivity contribution in [2.24, 2.45) is 0 Å². The molecule has 0 saturated carbocycles. The lowest BCUT2D eigenvalue weighted by molar-refractivity contribution is -0.128. The lowest BCUT2D eigenvalue weighted by Gasteiger charge is -2.19. The fourth-order valence-electron chi connectivity index (χ4n) is 2.16. The van der Waals surface area contributed by atoms with Gasteiger partial charge in [0.1, 0.15) is 6.04 Å². The van der Waals surface area contributed by atoms with Crippen LogP contribution >= 0.6 is 27.3 Å². The molecule has 1 heterocycles. The normalized spacial score (nSPS) is 11.5. The van der Waals surface area contributed by atoms with Crippen molar-refractivity contribution < 1.29 is 14.4 Å². The molecule has 0 aliphatic carbocycles. The summed E-state index contributed by atoms with van der Waals surface area (Å²) < 4.78 is 0.850. The van der Waals surface area contributed by atoms with Crippen LogP contribution < -0.4 is 10.6 Å². The number of halogens is 1. The summed E-state index contributed by atoms with van der Waals surface area (Å²) >= 11 is 4.61. The van der Waals surface area contributed by atoms with Gasteiger partial charge in [-0.3, -0.25) is 14.4 Å². The highest BCUT2D eigenvalue weighted by molar-refractivity contribution is 9.11. The number of thiophene rings is 1. The van der Waals surface area contributed by atoms with Crippen molar-refractivity contribution in [2.45, 2.75) is 26.4 Å². The standard InChI is InChI=1S/C18H20BrN3O3S/c1-11(20-18(25)15-8-9-16(19)26-15)17(24)21-14-7-5-4-6-13(14)10-22(3)12(2)23/h4-9,11H,10H2,1-3H3,(H,20,25)(H,21,24). The van der Waals surface area contributed by atoms with Gasteiger partial charge in [-0.2, -0.15) is 0 Å². The highest BCUT2D eigenvalue weighted by Crippen LogP contribution is 2.22. The van der Waals surface area contributed by atoms with Crippen molar-refractivity contribution >= 4 is 50.7 Å². The first-order valence-electron chi connectivity index (χ1n) is 7.94. The maximum Gasteiger partial charge on any atom is 0.262 e. The molecule has 0 spiro atoms. The van der Waals surface area contributed by atoms with E-state index in [0.29, 0.717) is 17.1 Å². The second-order valence-corrected chi connectivity index (χ2v) is 8.28. The minimum Gasteiger partial charge on any atom is -0.342 e. The van der Waals surface area contributed by atoms with E-state index in [2.05, 4.69) is 26.6 Å². The van der Waals surface area contributed by atoms with Crippen LogP contribution in [0.5, 0.6) is 0 Å². The largest absolute Gasteiger partial charge is 0.342 e. The fourth-order valence-corrected chi connectivity index (χ4v) is 3.45. The fraction of sp³-hybridized carbons (Fsp3) is 0.278. The molecule has 3 amide bonds. The van der Waals surface area contributed by atoms with Crippen LogP contribution in [-0.2, 0) is 16.1 Å². The Morgan fingerprint density at radius 2 is 1.88 bits per heavy atom. The summed E-state index contributed by atoms with van der Waals surface area (Å²) in [7, 11) is 1.70. The van der Waals surface area contributed by atoms with E-state index in [1.807, 2.05) is 12.1 Å². The Hall–Kier alpha value is -2.19. The molecule has 1 aromatic carbocycles. The molecular weight excluding hydrogens is 418 g/mol. The lowest BCUT2D eigenvalue weighted by Crippen LogP contribution is -2.41. The maximum absolute atomic E-state index is 12.4. The van der Waals surface area contributed by atoms with E-state index in [-0.39, 0.29) is 17.7 Å². The predicted octanol–water partition coefficient (Wildman–Crippen LogP) is 3.25. The number of carbonyl (C=O) groups excluding carboxylic acids is 3. The molecule has 138 valence electrons. The van der Waals surface area contributed by atoms with E-state index in [1.165, 1.54) is 18.3 Å². The molecule has 0 fully saturated rings. The summed E-state index contributed by atoms with van der Waals surface area (Å²) in [6, 6.07) is 10.0. The molecule has 0 saturated heterocycles. The second kappa shape index (κ2) is 8.95. The Morgan fingerprint density at radius 1 is 1.19 bits per heavy atom. The highest BCUT2D eigenvalue weighted by Gasteiger charge is 2.19. The summed E-state index contributed by atoms with van der Waals surface area (Å²) in [6.07, 6.45) is 0. The quantitative estimate of drug-likeness (QED) is 0.727. The summed E-state index contributed by atoms with van der Waals surface area (Å²) in [4.78, 5) is 38.1. The number of carbonyl (C=O) groups is 3. The van der Waals surface area contributed by atoms with Crippen molar-refractivity contribution in [3.63, 3.8) is 0 Å². The number of para-hydroxylation sites is 1. The van der Waals surface area contributed by atoms with Crippen LogP contribution in [-0.4, -0.2) is 35.7 Å². The van der Waals surface area contributed by atoms with E-state index >= 15 is 0 Å². The van der Waals surface area contributed by atoms with E-state index in [4.69, 9.17) is 0 Å². The Morgan fingerprint density at radius 3 is 2.50 bits per heavy atom. The third-order valence-electron chi connectivity index (χ3n) is 3.76. The number of hydrogen-bond acceptors (Lipinski definition) is 4. The van der Waals surface area contributed by atoms with Gasteiger partial charge in [-0.1, -0.05) is 18.2 Å². The van der Waals surface area contributed by atoms with Crippen LogP contribution in [0.2, 0.25) is 0 Å². The average Bonchev–Trinajstić information content (AvgIpc) is 3.03. The van der Waals surface area contributed by atoms with Crippen molar-refractivity contribution in [3.8, 4) is 0 Å². The SMILES string of the molecule is CC(=O)N(C)Cc1ccccc1NC(=O)C(C)NC(=O)c1ccc(Br)s1. The van der Waals surface area contributed by atoms with E-state index in [1.54, 1.807) is 43.1 Å². The monoisotopic (exact) mass is 437 g/mol. The van der Waals surface area contributed by atoms with Crippen molar-refractivity contribution in [2.75, 3.05) is 12.4 Å². The van der Waals surface area contributed by atoms with Gasteiger partial charge >= 0.3 is 0 Å². The molecule has 1 atom stereocenters. The van der Waals surface area contributed by atoms with Crippen LogP contribution in [0.15, 0.2) is 40.2 Å². The molecular formula is C18H20BrN3O3S. The van der Waals surface area contributed by atoms with Gasteiger partial charge in [0, 0.05) is 26.2 Å². The molecule has 0 bridgehead atoms. The minimum absolute atomic E-state index is 0.0612. The first kappa shape index (κ1) is 20.1. The van der Waals surface area contributed by atoms with Gasteiger partial charge in [-0.25, -0.2) is 0 Å². The number of hydrogen-bond donors (Lipinski definition) is 2. The Balaban J connectivity index is 2.02. The average molecular weight is 438 g/mol. The molecule has 26 heavy (non-hydrogen) atoms. The molecule has 2 rings (SSSR count). The summed E-state index contributed by atoms with van der Waals surface area (Å²) in [5, 5.41) is 5.50. The first-order valence-corrected chi connectivity index (χ1v) is 9.55. The van der Waals surface area contributed by atoms with Crippen LogP contribution in [0, 0.1) is 0 Å². The molecule has 1 unspecified atom stereocenters. The molecule has 0 radical (unpaired) electrons. The van der Waals surface area contributed by atoms with E-state index in [9.17, 15) is 14.4 Å². The zero-order chi connectivity index (χ0) is 19.3. The van der Waals surface area contributed by atoms with Crippen LogP contribution in [0.4, 0.5) is 5.69 Å². The third-order valence-corrected chi connectivity index (χ3v) is 5.38. The number of nitrogens with one attached hydrogen (secondary N) is 2. The Bertz CT molecular complexity index is 822. The van der Waals surface area contributed by atoms with E-state index < -0.39 is 6.04 Å². The van der Waals surface area contributed by atoms with Gasteiger partial charge in [0.05, 0.1) is 8.66 Å². The zero-order valence-electron chi connectivity index (χ0n) is 14.7. The van der Waals surface area contributed by atoms with Gasteiger partial charge in [0.25, 0.3) is 5.91 Å². The van der Waals surface area contributed by atoms with Gasteiger partial charge in [0.2, 0.25) is 11.8 Å². The number of amides is 3. The second-order valence-electron chi connectivity index (χ2n) is 5.82. The third kappa shape index (κ3) is 5.40. The number of rotatable bonds is 6. The van der Waals surface area contributed by atoms with Gasteiger partial charge in [0.15, 0.2) is 0 Å². The summed E-state index contributed by atoms with van der Waals surface area (Å²) in [5.41, 5.74) is 1.44. The smallest absolute Gasteiger partial charge is 0.262 e.